The first-order valence-electron chi connectivity index (χ1n) is 3.73. The molecule has 1 atom stereocenters. The maximum atomic E-state index is 12.9. The lowest BCUT2D eigenvalue weighted by Crippen LogP contribution is -2.34. The Balaban J connectivity index is 2.69. The fraction of sp³-hybridized carbons (Fsp3) is 0.333. The normalized spacial score (nSPS) is 15.5. The molecule has 1 rings (SSSR count). The zero-order valence-electron chi connectivity index (χ0n) is 7.01. The van der Waals surface area contributed by atoms with E-state index in [4.69, 9.17) is 0 Å². The summed E-state index contributed by atoms with van der Waals surface area (Å²) in [5, 5.41) is 0. The summed E-state index contributed by atoms with van der Waals surface area (Å²) < 4.78 is 41.4. The number of para-hydroxylation sites is 1. The molecule has 0 saturated heterocycles. The number of halogens is 3. The van der Waals surface area contributed by atoms with Crippen molar-refractivity contribution < 1.29 is 17.9 Å². The van der Waals surface area contributed by atoms with Gasteiger partial charge in [0.15, 0.2) is 0 Å². The van der Waals surface area contributed by atoms with Crippen LogP contribution in [0.5, 0.6) is 5.75 Å². The van der Waals surface area contributed by atoms with Crippen molar-refractivity contribution in [1.29, 1.82) is 0 Å². The highest BCUT2D eigenvalue weighted by Crippen LogP contribution is 2.24. The fourth-order valence-electron chi connectivity index (χ4n) is 0.764. The Labute approximate surface area is 74.1 Å². The molecule has 0 amide bonds. The van der Waals surface area contributed by atoms with Gasteiger partial charge >= 0.3 is 12.3 Å². The molecule has 0 aromatic heterocycles. The first-order valence-corrected chi connectivity index (χ1v) is 3.73. The molecule has 0 fully saturated rings. The van der Waals surface area contributed by atoms with Crippen LogP contribution >= 0.6 is 0 Å². The average molecular weight is 190 g/mol. The highest BCUT2D eigenvalue weighted by molar-refractivity contribution is 5.21. The van der Waals surface area contributed by atoms with Gasteiger partial charge in [0.1, 0.15) is 5.75 Å². The van der Waals surface area contributed by atoms with Gasteiger partial charge in [-0.1, -0.05) is 18.2 Å². The fourth-order valence-corrected chi connectivity index (χ4v) is 0.764. The lowest BCUT2D eigenvalue weighted by atomic mass is 10.3. The van der Waals surface area contributed by atoms with Crippen LogP contribution < -0.4 is 4.74 Å². The van der Waals surface area contributed by atoms with Crippen molar-refractivity contribution in [2.75, 3.05) is 0 Å². The Hall–Kier alpha value is -1.19. The van der Waals surface area contributed by atoms with Crippen molar-refractivity contribution in [2.45, 2.75) is 19.2 Å². The molecule has 0 saturated carbocycles. The quantitative estimate of drug-likeness (QED) is 0.711. The molecular formula is C9H9F3O. The lowest BCUT2D eigenvalue weighted by Gasteiger charge is -2.20. The van der Waals surface area contributed by atoms with Gasteiger partial charge < -0.3 is 4.74 Å². The Bertz CT molecular complexity index is 259. The molecule has 72 valence electrons. The van der Waals surface area contributed by atoms with Gasteiger partial charge in [0, 0.05) is 6.92 Å². The lowest BCUT2D eigenvalue weighted by molar-refractivity contribution is -0.152. The second-order valence-electron chi connectivity index (χ2n) is 2.70. The molecule has 1 unspecified atom stereocenters. The van der Waals surface area contributed by atoms with Crippen molar-refractivity contribution in [1.82, 2.24) is 0 Å². The SMILES string of the molecule is CC(F)(Oc1ccccc1)C(F)F. The van der Waals surface area contributed by atoms with Gasteiger partial charge in [-0.25, -0.2) is 8.78 Å². The van der Waals surface area contributed by atoms with Crippen LogP contribution in [0.2, 0.25) is 0 Å². The predicted molar refractivity (Wildman–Crippen MR) is 42.6 cm³/mol. The third kappa shape index (κ3) is 2.65. The molecule has 1 aromatic rings. The van der Waals surface area contributed by atoms with Gasteiger partial charge in [-0.2, -0.15) is 4.39 Å². The van der Waals surface area contributed by atoms with E-state index in [-0.39, 0.29) is 5.75 Å². The van der Waals surface area contributed by atoms with Crippen LogP contribution in [0.4, 0.5) is 13.2 Å². The van der Waals surface area contributed by atoms with Gasteiger partial charge in [-0.3, -0.25) is 0 Å². The summed E-state index contributed by atoms with van der Waals surface area (Å²) in [5.41, 5.74) is 0. The monoisotopic (exact) mass is 190 g/mol. The molecule has 0 aliphatic heterocycles. The van der Waals surface area contributed by atoms with Crippen LogP contribution in [0.25, 0.3) is 0 Å². The van der Waals surface area contributed by atoms with Gasteiger partial charge in [0.2, 0.25) is 0 Å². The smallest absolute Gasteiger partial charge is 0.306 e. The van der Waals surface area contributed by atoms with Gasteiger partial charge in [-0.15, -0.1) is 0 Å². The Kier molecular flexibility index (Phi) is 2.80. The molecule has 0 heterocycles. The van der Waals surface area contributed by atoms with Gasteiger partial charge in [-0.05, 0) is 12.1 Å². The minimum atomic E-state index is -3.16. The number of hydrogen-bond donors (Lipinski definition) is 0. The van der Waals surface area contributed by atoms with Crippen molar-refractivity contribution in [3.8, 4) is 5.75 Å². The maximum absolute atomic E-state index is 12.9. The van der Waals surface area contributed by atoms with E-state index >= 15 is 0 Å². The van der Waals surface area contributed by atoms with Crippen LogP contribution in [-0.4, -0.2) is 12.3 Å². The summed E-state index contributed by atoms with van der Waals surface area (Å²) >= 11 is 0. The number of alkyl halides is 3. The molecule has 0 N–H and O–H groups in total. The molecule has 0 aliphatic rings. The second-order valence-corrected chi connectivity index (χ2v) is 2.70. The van der Waals surface area contributed by atoms with Crippen molar-refractivity contribution in [3.05, 3.63) is 30.3 Å². The number of hydrogen-bond acceptors (Lipinski definition) is 1. The predicted octanol–water partition coefficient (Wildman–Crippen LogP) is 3.02. The first-order chi connectivity index (χ1) is 6.02. The summed E-state index contributed by atoms with van der Waals surface area (Å²) in [6.07, 6.45) is -3.16. The molecule has 0 radical (unpaired) electrons. The molecule has 1 nitrogen and oxygen atoms in total. The summed E-state index contributed by atoms with van der Waals surface area (Å²) in [6, 6.07) is 7.68. The number of benzene rings is 1. The summed E-state index contributed by atoms with van der Waals surface area (Å²) in [4.78, 5) is 0. The zero-order chi connectivity index (χ0) is 9.90. The van der Waals surface area contributed by atoms with Crippen molar-refractivity contribution in [3.63, 3.8) is 0 Å². The average Bonchev–Trinajstić information content (AvgIpc) is 2.05. The minimum absolute atomic E-state index is 0.0906. The van der Waals surface area contributed by atoms with E-state index in [0.29, 0.717) is 6.92 Å². The molecule has 0 bridgehead atoms. The van der Waals surface area contributed by atoms with E-state index in [1.54, 1.807) is 18.2 Å². The summed E-state index contributed by atoms with van der Waals surface area (Å²) in [5.74, 6) is -2.84. The number of ether oxygens (including phenoxy) is 1. The highest BCUT2D eigenvalue weighted by atomic mass is 19.3. The largest absolute Gasteiger partial charge is 0.453 e. The van der Waals surface area contributed by atoms with Crippen molar-refractivity contribution >= 4 is 0 Å². The van der Waals surface area contributed by atoms with Gasteiger partial charge in [0.05, 0.1) is 0 Å². The van der Waals surface area contributed by atoms with Gasteiger partial charge in [0.25, 0.3) is 0 Å². The van der Waals surface area contributed by atoms with E-state index in [1.165, 1.54) is 12.1 Å². The molecule has 4 heteroatoms. The first kappa shape index (κ1) is 9.89. The Morgan fingerprint density at radius 3 is 2.23 bits per heavy atom. The van der Waals surface area contributed by atoms with Crippen LogP contribution in [0.3, 0.4) is 0 Å². The summed E-state index contributed by atoms with van der Waals surface area (Å²) in [7, 11) is 0. The molecule has 0 spiro atoms. The van der Waals surface area contributed by atoms with E-state index in [9.17, 15) is 13.2 Å². The number of rotatable bonds is 3. The Morgan fingerprint density at radius 2 is 1.77 bits per heavy atom. The van der Waals surface area contributed by atoms with E-state index in [1.807, 2.05) is 0 Å². The van der Waals surface area contributed by atoms with Crippen molar-refractivity contribution in [2.24, 2.45) is 0 Å². The topological polar surface area (TPSA) is 9.23 Å². The van der Waals surface area contributed by atoms with Crippen LogP contribution in [0, 0.1) is 0 Å². The second kappa shape index (κ2) is 3.68. The van der Waals surface area contributed by atoms with E-state index < -0.39 is 12.3 Å². The summed E-state index contributed by atoms with van der Waals surface area (Å²) in [6.45, 7) is 0.699. The molecule has 1 aromatic carbocycles. The van der Waals surface area contributed by atoms with E-state index in [0.717, 1.165) is 0 Å². The maximum Gasteiger partial charge on any atom is 0.306 e. The molecule has 13 heavy (non-hydrogen) atoms. The highest BCUT2D eigenvalue weighted by Gasteiger charge is 2.37. The van der Waals surface area contributed by atoms with Crippen LogP contribution in [-0.2, 0) is 0 Å². The third-order valence-corrected chi connectivity index (χ3v) is 1.45. The zero-order valence-corrected chi connectivity index (χ0v) is 7.01. The standard InChI is InChI=1S/C9H9F3O/c1-9(12,8(10)11)13-7-5-3-2-4-6-7/h2-6,8H,1H3. The minimum Gasteiger partial charge on any atom is -0.453 e. The van der Waals surface area contributed by atoms with Crippen LogP contribution in [0.15, 0.2) is 30.3 Å². The molecule has 0 aliphatic carbocycles. The Morgan fingerprint density at radius 1 is 1.23 bits per heavy atom. The third-order valence-electron chi connectivity index (χ3n) is 1.45. The molecular weight excluding hydrogens is 181 g/mol. The van der Waals surface area contributed by atoms with Crippen LogP contribution in [0.1, 0.15) is 6.92 Å². The van der Waals surface area contributed by atoms with E-state index in [2.05, 4.69) is 4.74 Å².